The summed E-state index contributed by atoms with van der Waals surface area (Å²) in [5.74, 6) is 2.79. The van der Waals surface area contributed by atoms with Crippen LogP contribution in [0, 0.1) is 0 Å². The first kappa shape index (κ1) is 28.8. The zero-order valence-electron chi connectivity index (χ0n) is 27.1. The Morgan fingerprint density at radius 1 is 0.660 bits per heavy atom. The maximum absolute atomic E-state index is 6.53. The molecule has 0 aliphatic rings. The van der Waals surface area contributed by atoms with Gasteiger partial charge >= 0.3 is 0 Å². The van der Waals surface area contributed by atoms with E-state index in [2.05, 4.69) is 117 Å². The van der Waals surface area contributed by atoms with Crippen LogP contribution in [0.4, 0.5) is 0 Å². The molecular weight excluding hydrogens is 576 g/mol. The minimum absolute atomic E-state index is 0.159. The molecule has 47 heavy (non-hydrogen) atoms. The van der Waals surface area contributed by atoms with E-state index in [4.69, 9.17) is 14.8 Å². The first-order valence-electron chi connectivity index (χ1n) is 16.2. The average molecular weight is 613 g/mol. The fraction of sp³-hybridized carbons (Fsp3) is 0.143. The van der Waals surface area contributed by atoms with Crippen LogP contribution in [0.25, 0.3) is 44.2 Å². The first-order chi connectivity index (χ1) is 22.8. The van der Waals surface area contributed by atoms with E-state index in [1.807, 2.05) is 59.5 Å². The molecule has 230 valence electrons. The van der Waals surface area contributed by atoms with Crippen LogP contribution in [0.15, 0.2) is 140 Å². The molecule has 0 aliphatic carbocycles. The number of nitrogens with zero attached hydrogens (tertiary/aromatic N) is 4. The summed E-state index contributed by atoms with van der Waals surface area (Å²) in [5, 5.41) is 8.21. The molecule has 0 unspecified atom stereocenters. The lowest BCUT2D eigenvalue weighted by atomic mass is 9.78. The van der Waals surface area contributed by atoms with Gasteiger partial charge in [-0.05, 0) is 77.2 Å². The molecule has 3 heterocycles. The third-order valence-corrected chi connectivity index (χ3v) is 9.35. The standard InChI is InChI=1S/C42H36N4O/c1-28(2)29-21-22-43-41(23-29)46-39-20-17-32(42(3,4)31-12-6-5-7-13-31)24-37(39)36-19-18-35(26-40(36)46)47-34-15-10-14-33(25-34)45-27-30-11-8-9-16-38(30)44-45/h5-28H,1-4H3. The summed E-state index contributed by atoms with van der Waals surface area (Å²) >= 11 is 0. The molecule has 0 amide bonds. The number of benzene rings is 5. The lowest BCUT2D eigenvalue weighted by Crippen LogP contribution is -2.18. The van der Waals surface area contributed by atoms with Gasteiger partial charge in [0.05, 0.1) is 22.2 Å². The van der Waals surface area contributed by atoms with E-state index in [0.29, 0.717) is 5.92 Å². The molecule has 0 aliphatic heterocycles. The quantitative estimate of drug-likeness (QED) is 0.180. The third-order valence-electron chi connectivity index (χ3n) is 9.35. The first-order valence-corrected chi connectivity index (χ1v) is 16.2. The molecule has 5 nitrogen and oxygen atoms in total. The zero-order chi connectivity index (χ0) is 32.1. The number of ether oxygens (including phenoxy) is 1. The number of aromatic nitrogens is 4. The van der Waals surface area contributed by atoms with Gasteiger partial charge in [-0.2, -0.15) is 5.10 Å². The van der Waals surface area contributed by atoms with Crippen molar-refractivity contribution in [3.05, 3.63) is 156 Å². The van der Waals surface area contributed by atoms with Gasteiger partial charge in [-0.3, -0.25) is 4.57 Å². The monoisotopic (exact) mass is 612 g/mol. The Kier molecular flexibility index (Phi) is 6.91. The Morgan fingerprint density at radius 2 is 1.47 bits per heavy atom. The Hall–Kier alpha value is -5.68. The molecule has 0 spiro atoms. The van der Waals surface area contributed by atoms with E-state index in [9.17, 15) is 0 Å². The second-order valence-electron chi connectivity index (χ2n) is 13.1. The van der Waals surface area contributed by atoms with Crippen LogP contribution < -0.4 is 4.74 Å². The Balaban J connectivity index is 1.25. The summed E-state index contributed by atoms with van der Waals surface area (Å²) in [5.41, 5.74) is 7.72. The molecule has 0 N–H and O–H groups in total. The van der Waals surface area contributed by atoms with Crippen molar-refractivity contribution in [3.8, 4) is 23.0 Å². The molecule has 0 atom stereocenters. The van der Waals surface area contributed by atoms with Crippen LogP contribution in [-0.2, 0) is 5.41 Å². The maximum atomic E-state index is 6.53. The molecule has 5 aromatic carbocycles. The molecule has 5 heteroatoms. The molecule has 0 saturated heterocycles. The van der Waals surface area contributed by atoms with Crippen LogP contribution in [0.2, 0.25) is 0 Å². The van der Waals surface area contributed by atoms with Crippen molar-refractivity contribution in [3.63, 3.8) is 0 Å². The fourth-order valence-corrected chi connectivity index (χ4v) is 6.56. The molecule has 0 fully saturated rings. The minimum Gasteiger partial charge on any atom is -0.457 e. The van der Waals surface area contributed by atoms with Gasteiger partial charge in [-0.15, -0.1) is 0 Å². The summed E-state index contributed by atoms with van der Waals surface area (Å²) in [6.45, 7) is 9.02. The van der Waals surface area contributed by atoms with Crippen molar-refractivity contribution >= 4 is 32.7 Å². The average Bonchev–Trinajstić information content (AvgIpc) is 3.68. The number of hydrogen-bond acceptors (Lipinski definition) is 3. The normalized spacial score (nSPS) is 12.0. The second kappa shape index (κ2) is 11.3. The smallest absolute Gasteiger partial charge is 0.137 e. The van der Waals surface area contributed by atoms with Crippen LogP contribution in [-0.4, -0.2) is 19.3 Å². The van der Waals surface area contributed by atoms with Gasteiger partial charge in [0, 0.05) is 46.1 Å². The van der Waals surface area contributed by atoms with Gasteiger partial charge in [0.25, 0.3) is 0 Å². The molecule has 0 saturated carbocycles. The molecule has 8 rings (SSSR count). The minimum atomic E-state index is -0.159. The number of rotatable bonds is 7. The van der Waals surface area contributed by atoms with Gasteiger partial charge < -0.3 is 4.74 Å². The van der Waals surface area contributed by atoms with E-state index in [1.165, 1.54) is 22.1 Å². The number of pyridine rings is 1. The molecular formula is C42H36N4O. The van der Waals surface area contributed by atoms with E-state index in [0.717, 1.165) is 50.3 Å². The van der Waals surface area contributed by atoms with E-state index in [-0.39, 0.29) is 5.41 Å². The van der Waals surface area contributed by atoms with Crippen molar-refractivity contribution in [2.75, 3.05) is 0 Å². The fourth-order valence-electron chi connectivity index (χ4n) is 6.56. The Labute approximate surface area is 274 Å². The van der Waals surface area contributed by atoms with Crippen molar-refractivity contribution in [2.24, 2.45) is 0 Å². The molecule has 0 bridgehead atoms. The van der Waals surface area contributed by atoms with E-state index in [1.54, 1.807) is 0 Å². The summed E-state index contributed by atoms with van der Waals surface area (Å²) < 4.78 is 10.7. The predicted octanol–water partition coefficient (Wildman–Crippen LogP) is 10.8. The highest BCUT2D eigenvalue weighted by Gasteiger charge is 2.25. The van der Waals surface area contributed by atoms with Gasteiger partial charge in [0.2, 0.25) is 0 Å². The number of fused-ring (bicyclic) bond motifs is 4. The van der Waals surface area contributed by atoms with Crippen molar-refractivity contribution < 1.29 is 4.74 Å². The van der Waals surface area contributed by atoms with E-state index >= 15 is 0 Å². The SMILES string of the molecule is CC(C)c1ccnc(-n2c3ccc(C(C)(C)c4ccccc4)cc3c3ccc(Oc4cccc(-n5cc6ccccc6n5)c4)cc32)c1. The highest BCUT2D eigenvalue weighted by molar-refractivity contribution is 6.09. The van der Waals surface area contributed by atoms with Gasteiger partial charge in [0.15, 0.2) is 0 Å². The lowest BCUT2D eigenvalue weighted by molar-refractivity contribution is 0.483. The lowest BCUT2D eigenvalue weighted by Gasteiger charge is -2.26. The predicted molar refractivity (Wildman–Crippen MR) is 192 cm³/mol. The van der Waals surface area contributed by atoms with Gasteiger partial charge in [0.1, 0.15) is 17.3 Å². The van der Waals surface area contributed by atoms with Gasteiger partial charge in [-0.25, -0.2) is 9.67 Å². The summed E-state index contributed by atoms with van der Waals surface area (Å²) in [4.78, 5) is 4.87. The van der Waals surface area contributed by atoms with Crippen LogP contribution >= 0.6 is 0 Å². The zero-order valence-corrected chi connectivity index (χ0v) is 27.1. The summed E-state index contributed by atoms with van der Waals surface area (Å²) in [6.07, 6.45) is 3.96. The molecule has 3 aromatic heterocycles. The topological polar surface area (TPSA) is 44.9 Å². The highest BCUT2D eigenvalue weighted by Crippen LogP contribution is 2.39. The molecule has 8 aromatic rings. The highest BCUT2D eigenvalue weighted by atomic mass is 16.5. The largest absolute Gasteiger partial charge is 0.457 e. The Morgan fingerprint density at radius 3 is 2.30 bits per heavy atom. The molecule has 0 radical (unpaired) electrons. The van der Waals surface area contributed by atoms with Crippen molar-refractivity contribution in [1.82, 2.24) is 19.3 Å². The van der Waals surface area contributed by atoms with Gasteiger partial charge in [-0.1, -0.05) is 88.4 Å². The van der Waals surface area contributed by atoms with Crippen LogP contribution in [0.3, 0.4) is 0 Å². The van der Waals surface area contributed by atoms with E-state index < -0.39 is 0 Å². The summed E-state index contributed by atoms with van der Waals surface area (Å²) in [7, 11) is 0. The third kappa shape index (κ3) is 5.14. The van der Waals surface area contributed by atoms with Crippen LogP contribution in [0.1, 0.15) is 50.3 Å². The second-order valence-corrected chi connectivity index (χ2v) is 13.1. The summed E-state index contributed by atoms with van der Waals surface area (Å²) in [6, 6.07) is 44.5. The Bertz CT molecular complexity index is 2360. The number of hydrogen-bond donors (Lipinski definition) is 0. The van der Waals surface area contributed by atoms with Crippen molar-refractivity contribution in [2.45, 2.75) is 39.0 Å². The van der Waals surface area contributed by atoms with Crippen molar-refractivity contribution in [1.29, 1.82) is 0 Å². The maximum Gasteiger partial charge on any atom is 0.137 e. The van der Waals surface area contributed by atoms with Crippen LogP contribution in [0.5, 0.6) is 11.5 Å².